The maximum absolute atomic E-state index is 6.17. The van der Waals surface area contributed by atoms with Gasteiger partial charge in [-0.25, -0.2) is 0 Å². The molecular weight excluding hydrogens is 250 g/mol. The van der Waals surface area contributed by atoms with Gasteiger partial charge >= 0.3 is 0 Å². The Morgan fingerprint density at radius 3 is 2.82 bits per heavy atom. The third kappa shape index (κ3) is 4.53. The van der Waals surface area contributed by atoms with Gasteiger partial charge in [-0.05, 0) is 37.0 Å². The first kappa shape index (κ1) is 13.3. The van der Waals surface area contributed by atoms with Crippen molar-refractivity contribution in [3.05, 3.63) is 34.9 Å². The summed E-state index contributed by atoms with van der Waals surface area (Å²) in [6, 6.07) is 8.27. The lowest BCUT2D eigenvalue weighted by Crippen LogP contribution is -2.26. The van der Waals surface area contributed by atoms with E-state index in [9.17, 15) is 0 Å². The van der Waals surface area contributed by atoms with Crippen LogP contribution in [0.1, 0.15) is 31.2 Å². The molecule has 2 rings (SSSR count). The van der Waals surface area contributed by atoms with Crippen LogP contribution in [0.5, 0.6) is 0 Å². The zero-order valence-electron chi connectivity index (χ0n) is 10.1. The van der Waals surface area contributed by atoms with E-state index >= 15 is 0 Å². The van der Waals surface area contributed by atoms with Gasteiger partial charge in [-0.2, -0.15) is 11.8 Å². The summed E-state index contributed by atoms with van der Waals surface area (Å²) < 4.78 is 0. The van der Waals surface area contributed by atoms with Crippen LogP contribution in [-0.4, -0.2) is 17.0 Å². The molecule has 1 aliphatic carbocycles. The Hall–Kier alpha value is -0.180. The largest absolute Gasteiger partial charge is 0.327 e. The van der Waals surface area contributed by atoms with Gasteiger partial charge in [-0.15, -0.1) is 0 Å². The molecule has 0 bridgehead atoms. The van der Waals surface area contributed by atoms with E-state index in [1.165, 1.54) is 31.2 Å². The molecule has 0 aromatic heterocycles. The standard InChI is InChI=1S/C14H20ClNS/c15-12-5-3-4-11(8-12)9-13(16)10-17-14-6-1-2-7-14/h3-5,8,13-14H,1-2,6-7,9-10,16H2. The Labute approximate surface area is 113 Å². The van der Waals surface area contributed by atoms with Crippen LogP contribution in [0.3, 0.4) is 0 Å². The third-order valence-electron chi connectivity index (χ3n) is 3.24. The van der Waals surface area contributed by atoms with Gasteiger partial charge in [0.15, 0.2) is 0 Å². The van der Waals surface area contributed by atoms with Crippen LogP contribution in [-0.2, 0) is 6.42 Å². The summed E-state index contributed by atoms with van der Waals surface area (Å²) in [6.45, 7) is 0. The van der Waals surface area contributed by atoms with Crippen LogP contribution in [0.25, 0.3) is 0 Å². The average molecular weight is 270 g/mol. The van der Waals surface area contributed by atoms with E-state index in [0.29, 0.717) is 0 Å². The van der Waals surface area contributed by atoms with Crippen LogP contribution in [0.15, 0.2) is 24.3 Å². The van der Waals surface area contributed by atoms with E-state index < -0.39 is 0 Å². The molecule has 1 nitrogen and oxygen atoms in total. The van der Waals surface area contributed by atoms with Crippen LogP contribution < -0.4 is 5.73 Å². The summed E-state index contributed by atoms with van der Waals surface area (Å²) in [5, 5.41) is 1.67. The Morgan fingerprint density at radius 2 is 2.12 bits per heavy atom. The molecule has 0 heterocycles. The number of thioether (sulfide) groups is 1. The molecule has 1 aliphatic rings. The van der Waals surface area contributed by atoms with Crippen molar-refractivity contribution in [2.24, 2.45) is 5.73 Å². The lowest BCUT2D eigenvalue weighted by Gasteiger charge is -2.14. The number of rotatable bonds is 5. The first-order valence-electron chi connectivity index (χ1n) is 6.35. The molecule has 1 unspecified atom stereocenters. The fourth-order valence-corrected chi connectivity index (χ4v) is 3.86. The van der Waals surface area contributed by atoms with Crippen LogP contribution >= 0.6 is 23.4 Å². The lowest BCUT2D eigenvalue weighted by atomic mass is 10.1. The van der Waals surface area contributed by atoms with Crippen molar-refractivity contribution in [2.75, 3.05) is 5.75 Å². The topological polar surface area (TPSA) is 26.0 Å². The monoisotopic (exact) mass is 269 g/mol. The highest BCUT2D eigenvalue weighted by Gasteiger charge is 2.16. The third-order valence-corrected chi connectivity index (χ3v) is 5.03. The highest BCUT2D eigenvalue weighted by molar-refractivity contribution is 7.99. The minimum Gasteiger partial charge on any atom is -0.327 e. The van der Waals surface area contributed by atoms with Crippen molar-refractivity contribution >= 4 is 23.4 Å². The van der Waals surface area contributed by atoms with Gasteiger partial charge in [0.25, 0.3) is 0 Å². The van der Waals surface area contributed by atoms with E-state index in [0.717, 1.165) is 22.4 Å². The Balaban J connectivity index is 1.74. The summed E-state index contributed by atoms with van der Waals surface area (Å²) in [7, 11) is 0. The van der Waals surface area contributed by atoms with Crippen molar-refractivity contribution in [1.82, 2.24) is 0 Å². The van der Waals surface area contributed by atoms with Crippen molar-refractivity contribution in [3.63, 3.8) is 0 Å². The molecule has 94 valence electrons. The number of hydrogen-bond donors (Lipinski definition) is 1. The molecular formula is C14H20ClNS. The second-order valence-corrected chi connectivity index (χ2v) is 6.60. The van der Waals surface area contributed by atoms with Crippen molar-refractivity contribution in [1.29, 1.82) is 0 Å². The normalized spacial score (nSPS) is 18.5. The van der Waals surface area contributed by atoms with Crippen molar-refractivity contribution < 1.29 is 0 Å². The molecule has 0 radical (unpaired) electrons. The van der Waals surface area contributed by atoms with Crippen LogP contribution in [0.4, 0.5) is 0 Å². The number of hydrogen-bond acceptors (Lipinski definition) is 2. The van der Waals surface area contributed by atoms with Crippen molar-refractivity contribution in [2.45, 2.75) is 43.4 Å². The molecule has 2 N–H and O–H groups in total. The summed E-state index contributed by atoms with van der Waals surface area (Å²) in [6.07, 6.45) is 6.51. The summed E-state index contributed by atoms with van der Waals surface area (Å²) in [4.78, 5) is 0. The second-order valence-electron chi connectivity index (χ2n) is 4.83. The summed E-state index contributed by atoms with van der Waals surface area (Å²) in [5.74, 6) is 1.07. The summed E-state index contributed by atoms with van der Waals surface area (Å²) >= 11 is 8.02. The molecule has 0 aliphatic heterocycles. The molecule has 1 aromatic carbocycles. The minimum atomic E-state index is 0.249. The number of benzene rings is 1. The van der Waals surface area contributed by atoms with Gasteiger partial charge in [-0.3, -0.25) is 0 Å². The molecule has 3 heteroatoms. The van der Waals surface area contributed by atoms with Gasteiger partial charge in [0, 0.05) is 22.1 Å². The Morgan fingerprint density at radius 1 is 1.35 bits per heavy atom. The second kappa shape index (κ2) is 6.67. The fourth-order valence-electron chi connectivity index (χ4n) is 2.34. The maximum Gasteiger partial charge on any atom is 0.0408 e. The molecule has 1 saturated carbocycles. The van der Waals surface area contributed by atoms with Crippen molar-refractivity contribution in [3.8, 4) is 0 Å². The number of halogens is 1. The van der Waals surface area contributed by atoms with E-state index in [4.69, 9.17) is 17.3 Å². The van der Waals surface area contributed by atoms with Crippen LogP contribution in [0.2, 0.25) is 5.02 Å². The Bertz CT molecular complexity index is 350. The van der Waals surface area contributed by atoms with E-state index in [1.807, 2.05) is 18.2 Å². The lowest BCUT2D eigenvalue weighted by molar-refractivity contribution is 0.744. The zero-order chi connectivity index (χ0) is 12.1. The SMILES string of the molecule is NC(CSC1CCCC1)Cc1cccc(Cl)c1. The Kier molecular flexibility index (Phi) is 5.20. The van der Waals surface area contributed by atoms with Gasteiger partial charge in [0.2, 0.25) is 0 Å². The van der Waals surface area contributed by atoms with Gasteiger partial charge < -0.3 is 5.73 Å². The molecule has 1 atom stereocenters. The van der Waals surface area contributed by atoms with E-state index in [1.54, 1.807) is 0 Å². The average Bonchev–Trinajstić information content (AvgIpc) is 2.79. The van der Waals surface area contributed by atoms with Crippen LogP contribution in [0, 0.1) is 0 Å². The van der Waals surface area contributed by atoms with Gasteiger partial charge in [0.1, 0.15) is 0 Å². The molecule has 1 aromatic rings. The highest BCUT2D eigenvalue weighted by Crippen LogP contribution is 2.29. The molecule has 1 fully saturated rings. The molecule has 17 heavy (non-hydrogen) atoms. The van der Waals surface area contributed by atoms with Gasteiger partial charge in [0.05, 0.1) is 0 Å². The first-order valence-corrected chi connectivity index (χ1v) is 7.78. The molecule has 0 saturated heterocycles. The molecule has 0 spiro atoms. The number of nitrogens with two attached hydrogens (primary N) is 1. The maximum atomic E-state index is 6.17. The summed E-state index contributed by atoms with van der Waals surface area (Å²) in [5.41, 5.74) is 7.42. The minimum absolute atomic E-state index is 0.249. The quantitative estimate of drug-likeness (QED) is 0.878. The first-order chi connectivity index (χ1) is 8.24. The van der Waals surface area contributed by atoms with E-state index in [2.05, 4.69) is 17.8 Å². The smallest absolute Gasteiger partial charge is 0.0408 e. The molecule has 0 amide bonds. The predicted molar refractivity (Wildman–Crippen MR) is 77.8 cm³/mol. The zero-order valence-corrected chi connectivity index (χ0v) is 11.6. The van der Waals surface area contributed by atoms with E-state index in [-0.39, 0.29) is 6.04 Å². The highest BCUT2D eigenvalue weighted by atomic mass is 35.5. The van der Waals surface area contributed by atoms with Gasteiger partial charge in [-0.1, -0.05) is 36.6 Å². The predicted octanol–water partition coefficient (Wildman–Crippen LogP) is 3.89. The fraction of sp³-hybridized carbons (Fsp3) is 0.571.